The summed E-state index contributed by atoms with van der Waals surface area (Å²) < 4.78 is 0. The van der Waals surface area contributed by atoms with Gasteiger partial charge in [0.15, 0.2) is 0 Å². The van der Waals surface area contributed by atoms with E-state index in [1.54, 1.807) is 0 Å². The highest BCUT2D eigenvalue weighted by Gasteiger charge is 2.21. The molecule has 114 valence electrons. The number of hydrogen-bond donors (Lipinski definition) is 3. The number of carbonyl (C=O) groups excluding carboxylic acids is 1. The maximum Gasteiger partial charge on any atom is 0.293 e. The van der Waals surface area contributed by atoms with Crippen LogP contribution in [0.25, 0.3) is 0 Å². The maximum absolute atomic E-state index is 11.1. The molecule has 0 unspecified atom stereocenters. The van der Waals surface area contributed by atoms with E-state index < -0.39 is 10.8 Å². The Bertz CT molecular complexity index is 539. The molecule has 1 saturated carbocycles. The molecule has 1 amide bonds. The van der Waals surface area contributed by atoms with Crippen LogP contribution in [-0.2, 0) is 0 Å². The summed E-state index contributed by atoms with van der Waals surface area (Å²) in [6, 6.07) is 4.17. The van der Waals surface area contributed by atoms with Gasteiger partial charge in [0.25, 0.3) is 5.69 Å². The molecule has 0 atom stereocenters. The summed E-state index contributed by atoms with van der Waals surface area (Å²) in [6.07, 6.45) is 3.14. The van der Waals surface area contributed by atoms with Gasteiger partial charge in [-0.3, -0.25) is 14.9 Å². The minimum Gasteiger partial charge on any atom is -0.393 e. The monoisotopic (exact) mass is 293 g/mol. The fraction of sp³-hybridized carbons (Fsp3) is 0.500. The van der Waals surface area contributed by atoms with Crippen LogP contribution in [0.3, 0.4) is 0 Å². The minimum absolute atomic E-state index is 0.119. The molecule has 1 aliphatic rings. The summed E-state index contributed by atoms with van der Waals surface area (Å²) >= 11 is 0. The van der Waals surface area contributed by atoms with Gasteiger partial charge in [0.1, 0.15) is 5.69 Å². The van der Waals surface area contributed by atoms with Crippen LogP contribution >= 0.6 is 0 Å². The molecular weight excluding hydrogens is 274 g/mol. The Morgan fingerprint density at radius 3 is 2.62 bits per heavy atom. The van der Waals surface area contributed by atoms with Crippen LogP contribution in [0.1, 0.15) is 36.0 Å². The van der Waals surface area contributed by atoms with Crippen molar-refractivity contribution in [3.63, 3.8) is 0 Å². The van der Waals surface area contributed by atoms with E-state index in [2.05, 4.69) is 5.32 Å². The van der Waals surface area contributed by atoms with E-state index in [4.69, 9.17) is 5.73 Å². The average Bonchev–Trinajstić information content (AvgIpc) is 2.46. The number of anilines is 1. The van der Waals surface area contributed by atoms with Crippen molar-refractivity contribution in [2.24, 2.45) is 11.7 Å². The van der Waals surface area contributed by atoms with Gasteiger partial charge in [-0.15, -0.1) is 0 Å². The molecule has 0 spiro atoms. The molecule has 1 aromatic carbocycles. The Morgan fingerprint density at radius 1 is 1.38 bits per heavy atom. The van der Waals surface area contributed by atoms with Gasteiger partial charge in [0.2, 0.25) is 5.91 Å². The second-order valence-corrected chi connectivity index (χ2v) is 5.41. The molecule has 1 aliphatic carbocycles. The Morgan fingerprint density at radius 2 is 2.05 bits per heavy atom. The number of aliphatic hydroxyl groups excluding tert-OH is 1. The first-order chi connectivity index (χ1) is 9.97. The van der Waals surface area contributed by atoms with Gasteiger partial charge in [-0.25, -0.2) is 0 Å². The Balaban J connectivity index is 2.05. The number of nitrogens with one attached hydrogen (secondary N) is 1. The van der Waals surface area contributed by atoms with E-state index in [1.807, 2.05) is 0 Å². The van der Waals surface area contributed by atoms with Crippen molar-refractivity contribution in [1.29, 1.82) is 0 Å². The number of amides is 1. The van der Waals surface area contributed by atoms with Crippen molar-refractivity contribution in [2.45, 2.75) is 31.8 Å². The smallest absolute Gasteiger partial charge is 0.293 e. The topological polar surface area (TPSA) is 118 Å². The lowest BCUT2D eigenvalue weighted by atomic mass is 9.87. The van der Waals surface area contributed by atoms with E-state index in [0.29, 0.717) is 18.2 Å². The number of primary amides is 1. The first-order valence-electron chi connectivity index (χ1n) is 6.97. The molecule has 2 rings (SSSR count). The Labute approximate surface area is 122 Å². The molecule has 0 aromatic heterocycles. The second-order valence-electron chi connectivity index (χ2n) is 5.41. The largest absolute Gasteiger partial charge is 0.393 e. The predicted octanol–water partition coefficient (Wildman–Crippen LogP) is 1.66. The molecule has 7 heteroatoms. The predicted molar refractivity (Wildman–Crippen MR) is 78.1 cm³/mol. The Hall–Kier alpha value is -2.15. The van der Waals surface area contributed by atoms with Crippen LogP contribution in [0.4, 0.5) is 11.4 Å². The molecule has 4 N–H and O–H groups in total. The third kappa shape index (κ3) is 3.91. The second kappa shape index (κ2) is 6.53. The van der Waals surface area contributed by atoms with E-state index >= 15 is 0 Å². The molecule has 0 bridgehead atoms. The van der Waals surface area contributed by atoms with Gasteiger partial charge in [-0.05, 0) is 43.7 Å². The fourth-order valence-corrected chi connectivity index (χ4v) is 2.59. The number of aliphatic hydroxyl groups is 1. The molecule has 7 nitrogen and oxygen atoms in total. The van der Waals surface area contributed by atoms with Gasteiger partial charge in [-0.1, -0.05) is 0 Å². The van der Waals surface area contributed by atoms with Crippen molar-refractivity contribution in [2.75, 3.05) is 11.9 Å². The van der Waals surface area contributed by atoms with Crippen LogP contribution in [-0.4, -0.2) is 28.6 Å². The highest BCUT2D eigenvalue weighted by Crippen LogP contribution is 2.28. The summed E-state index contributed by atoms with van der Waals surface area (Å²) in [4.78, 5) is 21.6. The number of rotatable bonds is 5. The number of nitrogens with two attached hydrogens (primary N) is 1. The van der Waals surface area contributed by atoms with Crippen molar-refractivity contribution < 1.29 is 14.8 Å². The SMILES string of the molecule is NC(=O)c1ccc(NCC2CCC(O)CC2)c([N+](=O)[O-])c1. The average molecular weight is 293 g/mol. The zero-order valence-electron chi connectivity index (χ0n) is 11.6. The highest BCUT2D eigenvalue weighted by atomic mass is 16.6. The highest BCUT2D eigenvalue weighted by molar-refractivity contribution is 5.94. The standard InChI is InChI=1S/C14H19N3O4/c15-14(19)10-3-6-12(13(7-10)17(20)21)16-8-9-1-4-11(18)5-2-9/h3,6-7,9,11,16,18H,1-2,4-5,8H2,(H2,15,19). The summed E-state index contributed by atoms with van der Waals surface area (Å²) in [7, 11) is 0. The lowest BCUT2D eigenvalue weighted by Gasteiger charge is -2.25. The van der Waals surface area contributed by atoms with Crippen LogP contribution in [0.5, 0.6) is 0 Å². The molecule has 1 fully saturated rings. The summed E-state index contributed by atoms with van der Waals surface area (Å²) in [5.74, 6) is -0.297. The zero-order chi connectivity index (χ0) is 15.4. The number of carbonyl (C=O) groups is 1. The van der Waals surface area contributed by atoms with Crippen LogP contribution in [0.2, 0.25) is 0 Å². The third-order valence-corrected chi connectivity index (χ3v) is 3.88. The van der Waals surface area contributed by atoms with Gasteiger partial charge in [-0.2, -0.15) is 0 Å². The van der Waals surface area contributed by atoms with Crippen molar-refractivity contribution in [1.82, 2.24) is 0 Å². The molecule has 21 heavy (non-hydrogen) atoms. The first-order valence-corrected chi connectivity index (χ1v) is 6.97. The molecule has 0 saturated heterocycles. The van der Waals surface area contributed by atoms with Crippen LogP contribution in [0, 0.1) is 16.0 Å². The van der Waals surface area contributed by atoms with Crippen LogP contribution in [0.15, 0.2) is 18.2 Å². The normalized spacial score (nSPS) is 21.8. The van der Waals surface area contributed by atoms with Crippen LogP contribution < -0.4 is 11.1 Å². The quantitative estimate of drug-likeness (QED) is 0.563. The minimum atomic E-state index is -0.689. The Kier molecular flexibility index (Phi) is 4.74. The summed E-state index contributed by atoms with van der Waals surface area (Å²) in [5, 5.41) is 23.6. The number of nitro benzene ring substituents is 1. The van der Waals surface area contributed by atoms with E-state index in [9.17, 15) is 20.0 Å². The van der Waals surface area contributed by atoms with E-state index in [-0.39, 0.29) is 17.4 Å². The number of nitro groups is 1. The fourth-order valence-electron chi connectivity index (χ4n) is 2.59. The van der Waals surface area contributed by atoms with Crippen molar-refractivity contribution >= 4 is 17.3 Å². The number of hydrogen-bond acceptors (Lipinski definition) is 5. The van der Waals surface area contributed by atoms with Gasteiger partial charge in [0, 0.05) is 18.2 Å². The van der Waals surface area contributed by atoms with E-state index in [1.165, 1.54) is 18.2 Å². The third-order valence-electron chi connectivity index (χ3n) is 3.88. The number of benzene rings is 1. The maximum atomic E-state index is 11.1. The molecular formula is C14H19N3O4. The first kappa shape index (κ1) is 15.2. The van der Waals surface area contributed by atoms with Gasteiger partial charge >= 0.3 is 0 Å². The molecule has 0 aliphatic heterocycles. The van der Waals surface area contributed by atoms with E-state index in [0.717, 1.165) is 25.7 Å². The zero-order valence-corrected chi connectivity index (χ0v) is 11.6. The van der Waals surface area contributed by atoms with Gasteiger partial charge in [0.05, 0.1) is 11.0 Å². The molecule has 0 radical (unpaired) electrons. The van der Waals surface area contributed by atoms with Gasteiger partial charge < -0.3 is 16.2 Å². The lowest BCUT2D eigenvalue weighted by molar-refractivity contribution is -0.384. The summed E-state index contributed by atoms with van der Waals surface area (Å²) in [5.41, 5.74) is 5.48. The lowest BCUT2D eigenvalue weighted by Crippen LogP contribution is -2.23. The molecule has 0 heterocycles. The van der Waals surface area contributed by atoms with Crippen molar-refractivity contribution in [3.8, 4) is 0 Å². The molecule has 1 aromatic rings. The number of nitrogens with zero attached hydrogens (tertiary/aromatic N) is 1. The van der Waals surface area contributed by atoms with Crippen molar-refractivity contribution in [3.05, 3.63) is 33.9 Å². The summed E-state index contributed by atoms with van der Waals surface area (Å²) in [6.45, 7) is 0.615.